The van der Waals surface area contributed by atoms with Gasteiger partial charge in [0.25, 0.3) is 0 Å². The molecule has 4 rings (SSSR count). The lowest BCUT2D eigenvalue weighted by Crippen LogP contribution is -2.39. The van der Waals surface area contributed by atoms with E-state index >= 15 is 0 Å². The molecule has 0 unspecified atom stereocenters. The number of hydrogen-bond donors (Lipinski definition) is 1. The van der Waals surface area contributed by atoms with Gasteiger partial charge in [0, 0.05) is 24.7 Å². The summed E-state index contributed by atoms with van der Waals surface area (Å²) in [5, 5.41) is 10.4. The van der Waals surface area contributed by atoms with Crippen molar-refractivity contribution in [3.05, 3.63) is 40.5 Å². The summed E-state index contributed by atoms with van der Waals surface area (Å²) in [6, 6.07) is 6.23. The largest absolute Gasteiger partial charge is 0.504 e. The Morgan fingerprint density at radius 1 is 0.889 bits per heavy atom. The smallest absolute Gasteiger partial charge is 0.203 e. The van der Waals surface area contributed by atoms with Crippen molar-refractivity contribution in [2.24, 2.45) is 0 Å². The predicted molar refractivity (Wildman–Crippen MR) is 101 cm³/mol. The number of aromatic hydroxyl groups is 1. The van der Waals surface area contributed by atoms with Crippen LogP contribution in [0.5, 0.6) is 28.7 Å². The molecule has 2 aliphatic heterocycles. The van der Waals surface area contributed by atoms with Crippen molar-refractivity contribution in [2.75, 3.05) is 35.0 Å². The van der Waals surface area contributed by atoms with Crippen LogP contribution in [0.3, 0.4) is 0 Å². The molecule has 27 heavy (non-hydrogen) atoms. The number of nitrogens with zero attached hydrogens (tertiary/aromatic N) is 1. The van der Waals surface area contributed by atoms with Crippen LogP contribution in [0, 0.1) is 0 Å². The van der Waals surface area contributed by atoms with E-state index < -0.39 is 0 Å². The number of fused-ring (bicyclic) bond motifs is 4. The summed E-state index contributed by atoms with van der Waals surface area (Å²) in [6.45, 7) is 1.71. The number of rotatable bonds is 4. The highest BCUT2D eigenvalue weighted by molar-refractivity contribution is 5.60. The summed E-state index contributed by atoms with van der Waals surface area (Å²) >= 11 is 0. The minimum absolute atomic E-state index is 0.116. The van der Waals surface area contributed by atoms with E-state index in [1.54, 1.807) is 28.4 Å². The SMILES string of the molecule is COc1cc2c(cc1OC)[C@@H]1Cc3cc(O)c(OC)c(OC)c3CN1CC2. The lowest BCUT2D eigenvalue weighted by molar-refractivity contribution is 0.156. The molecule has 0 saturated carbocycles. The second-order valence-electron chi connectivity index (χ2n) is 6.95. The molecule has 6 nitrogen and oxygen atoms in total. The summed E-state index contributed by atoms with van der Waals surface area (Å²) in [5.74, 6) is 2.66. The highest BCUT2D eigenvalue weighted by Gasteiger charge is 2.35. The average molecular weight is 371 g/mol. The zero-order chi connectivity index (χ0) is 19.1. The molecule has 0 aliphatic carbocycles. The lowest BCUT2D eigenvalue weighted by atomic mass is 9.83. The van der Waals surface area contributed by atoms with Crippen LogP contribution in [0.4, 0.5) is 0 Å². The minimum Gasteiger partial charge on any atom is -0.504 e. The molecule has 2 heterocycles. The Hall–Kier alpha value is -2.60. The molecular weight excluding hydrogens is 346 g/mol. The van der Waals surface area contributed by atoms with E-state index in [2.05, 4.69) is 17.0 Å². The maximum Gasteiger partial charge on any atom is 0.203 e. The molecule has 1 N–H and O–H groups in total. The molecule has 0 bridgehead atoms. The number of hydrogen-bond acceptors (Lipinski definition) is 6. The zero-order valence-electron chi connectivity index (χ0n) is 16.2. The van der Waals surface area contributed by atoms with Crippen molar-refractivity contribution < 1.29 is 24.1 Å². The molecular formula is C21H25NO5. The van der Waals surface area contributed by atoms with Crippen LogP contribution in [0.2, 0.25) is 0 Å². The Balaban J connectivity index is 1.79. The number of benzene rings is 2. The average Bonchev–Trinajstić information content (AvgIpc) is 2.70. The minimum atomic E-state index is 0.116. The van der Waals surface area contributed by atoms with Crippen LogP contribution in [-0.4, -0.2) is 45.0 Å². The molecule has 0 radical (unpaired) electrons. The maximum absolute atomic E-state index is 10.4. The topological polar surface area (TPSA) is 60.4 Å². The van der Waals surface area contributed by atoms with Crippen LogP contribution in [0.25, 0.3) is 0 Å². The van der Waals surface area contributed by atoms with Crippen molar-refractivity contribution in [3.8, 4) is 28.7 Å². The van der Waals surface area contributed by atoms with Crippen molar-refractivity contribution in [3.63, 3.8) is 0 Å². The molecule has 0 saturated heterocycles. The van der Waals surface area contributed by atoms with Crippen LogP contribution in [0.1, 0.15) is 28.3 Å². The first-order valence-electron chi connectivity index (χ1n) is 9.05. The normalized spacial score (nSPS) is 18.1. The van der Waals surface area contributed by atoms with E-state index in [4.69, 9.17) is 18.9 Å². The standard InChI is InChI=1S/C21H25NO5/c1-24-18-9-12-5-6-22-11-15-13(7-16(22)14(12)10-19(18)25-2)8-17(23)21(27-4)20(15)26-3/h8-10,16,23H,5-7,11H2,1-4H3/t16-/m0/s1. The van der Waals surface area contributed by atoms with E-state index in [-0.39, 0.29) is 11.8 Å². The van der Waals surface area contributed by atoms with Crippen molar-refractivity contribution in [1.82, 2.24) is 4.90 Å². The Bertz CT molecular complexity index is 880. The van der Waals surface area contributed by atoms with Gasteiger partial charge >= 0.3 is 0 Å². The molecule has 6 heteroatoms. The Morgan fingerprint density at radius 3 is 2.26 bits per heavy atom. The van der Waals surface area contributed by atoms with Crippen molar-refractivity contribution in [1.29, 1.82) is 0 Å². The quantitative estimate of drug-likeness (QED) is 0.891. The van der Waals surface area contributed by atoms with E-state index in [0.29, 0.717) is 11.5 Å². The van der Waals surface area contributed by atoms with Crippen LogP contribution >= 0.6 is 0 Å². The monoisotopic (exact) mass is 371 g/mol. The van der Waals surface area contributed by atoms with Crippen molar-refractivity contribution >= 4 is 0 Å². The molecule has 144 valence electrons. The molecule has 0 aromatic heterocycles. The van der Waals surface area contributed by atoms with Crippen LogP contribution < -0.4 is 18.9 Å². The fourth-order valence-electron chi connectivity index (χ4n) is 4.41. The summed E-state index contributed by atoms with van der Waals surface area (Å²) < 4.78 is 21.9. The number of ether oxygens (including phenoxy) is 4. The number of methoxy groups -OCH3 is 4. The molecule has 0 spiro atoms. The fraction of sp³-hybridized carbons (Fsp3) is 0.429. The summed E-state index contributed by atoms with van der Waals surface area (Å²) in [7, 11) is 6.49. The first-order chi connectivity index (χ1) is 13.1. The van der Waals surface area contributed by atoms with Crippen LogP contribution in [0.15, 0.2) is 18.2 Å². The van der Waals surface area contributed by atoms with Gasteiger partial charge in [0.1, 0.15) is 0 Å². The van der Waals surface area contributed by atoms with Gasteiger partial charge in [-0.05, 0) is 47.7 Å². The molecule has 2 aromatic carbocycles. The van der Waals surface area contributed by atoms with E-state index in [1.807, 2.05) is 6.07 Å². The van der Waals surface area contributed by atoms with E-state index in [9.17, 15) is 5.11 Å². The van der Waals surface area contributed by atoms with Crippen LogP contribution in [-0.2, 0) is 19.4 Å². The third kappa shape index (κ3) is 2.75. The highest BCUT2D eigenvalue weighted by atomic mass is 16.5. The third-order valence-corrected chi connectivity index (χ3v) is 5.71. The predicted octanol–water partition coefficient (Wildman–Crippen LogP) is 3.08. The Kier molecular flexibility index (Phi) is 4.52. The van der Waals surface area contributed by atoms with Gasteiger partial charge in [-0.15, -0.1) is 0 Å². The van der Waals surface area contributed by atoms with Gasteiger partial charge in [-0.1, -0.05) is 0 Å². The summed E-state index contributed by atoms with van der Waals surface area (Å²) in [4.78, 5) is 2.45. The van der Waals surface area contributed by atoms with Gasteiger partial charge in [0.2, 0.25) is 5.75 Å². The second-order valence-corrected chi connectivity index (χ2v) is 6.95. The van der Waals surface area contributed by atoms with Gasteiger partial charge in [-0.3, -0.25) is 4.90 Å². The van der Waals surface area contributed by atoms with Gasteiger partial charge in [-0.2, -0.15) is 0 Å². The van der Waals surface area contributed by atoms with E-state index in [0.717, 1.165) is 48.6 Å². The van der Waals surface area contributed by atoms with Gasteiger partial charge in [0.05, 0.1) is 28.4 Å². The van der Waals surface area contributed by atoms with Gasteiger partial charge < -0.3 is 24.1 Å². The molecule has 1 atom stereocenters. The second kappa shape index (κ2) is 6.85. The molecule has 0 amide bonds. The fourth-order valence-corrected chi connectivity index (χ4v) is 4.41. The first-order valence-corrected chi connectivity index (χ1v) is 9.05. The highest BCUT2D eigenvalue weighted by Crippen LogP contribution is 2.48. The number of phenolic OH excluding ortho intramolecular Hbond substituents is 1. The summed E-state index contributed by atoms with van der Waals surface area (Å²) in [5.41, 5.74) is 4.74. The van der Waals surface area contributed by atoms with Gasteiger partial charge in [0.15, 0.2) is 23.0 Å². The first kappa shape index (κ1) is 17.8. The third-order valence-electron chi connectivity index (χ3n) is 5.71. The summed E-state index contributed by atoms with van der Waals surface area (Å²) in [6.07, 6.45) is 1.75. The molecule has 0 fully saturated rings. The molecule has 2 aromatic rings. The lowest BCUT2D eigenvalue weighted by Gasteiger charge is -2.42. The zero-order valence-corrected chi connectivity index (χ0v) is 16.2. The van der Waals surface area contributed by atoms with E-state index in [1.165, 1.54) is 11.1 Å². The van der Waals surface area contributed by atoms with Gasteiger partial charge in [-0.25, -0.2) is 0 Å². The Labute approximate surface area is 159 Å². The van der Waals surface area contributed by atoms with Crippen molar-refractivity contribution in [2.45, 2.75) is 25.4 Å². The Morgan fingerprint density at radius 2 is 1.59 bits per heavy atom. The maximum atomic E-state index is 10.4. The molecule has 2 aliphatic rings. The number of phenols is 1.